The van der Waals surface area contributed by atoms with Crippen molar-refractivity contribution in [1.82, 2.24) is 0 Å². The highest BCUT2D eigenvalue weighted by Crippen LogP contribution is 2.17. The summed E-state index contributed by atoms with van der Waals surface area (Å²) in [5.74, 6) is 0.295. The number of hydrogen-bond acceptors (Lipinski definition) is 2. The fraction of sp³-hybridized carbons (Fsp3) is 0.167. The highest BCUT2D eigenvalue weighted by Gasteiger charge is 1.97. The van der Waals surface area contributed by atoms with Gasteiger partial charge in [-0.2, -0.15) is 0 Å². The van der Waals surface area contributed by atoms with E-state index in [0.29, 0.717) is 5.75 Å². The number of aromatic hydroxyl groups is 1. The van der Waals surface area contributed by atoms with E-state index in [1.54, 1.807) is 12.1 Å². The first-order valence-electron chi connectivity index (χ1n) is 4.77. The second-order valence-electron chi connectivity index (χ2n) is 3.31. The van der Waals surface area contributed by atoms with Crippen molar-refractivity contribution >= 4 is 5.69 Å². The average molecular weight is 187 g/mol. The van der Waals surface area contributed by atoms with Gasteiger partial charge in [0.05, 0.1) is 0 Å². The molecule has 1 aromatic carbocycles. The Labute approximate surface area is 83.6 Å². The van der Waals surface area contributed by atoms with Crippen LogP contribution in [-0.4, -0.2) is 5.11 Å². The van der Waals surface area contributed by atoms with E-state index in [-0.39, 0.29) is 0 Å². The van der Waals surface area contributed by atoms with Crippen molar-refractivity contribution in [3.05, 3.63) is 48.2 Å². The standard InChI is InChI=1S/C12H13NO/c14-12-8-6-11(7-9-12)13-10-4-2-1-3-5-10/h2,4-9,13-14H,1,3H2. The van der Waals surface area contributed by atoms with Crippen molar-refractivity contribution in [3.8, 4) is 5.75 Å². The molecule has 14 heavy (non-hydrogen) atoms. The van der Waals surface area contributed by atoms with Gasteiger partial charge in [0.2, 0.25) is 0 Å². The fourth-order valence-electron chi connectivity index (χ4n) is 1.42. The summed E-state index contributed by atoms with van der Waals surface area (Å²) in [5.41, 5.74) is 2.13. The highest BCUT2D eigenvalue weighted by molar-refractivity contribution is 5.52. The quantitative estimate of drug-likeness (QED) is 0.697. The molecular weight excluding hydrogens is 174 g/mol. The molecule has 0 spiro atoms. The van der Waals surface area contributed by atoms with Crippen LogP contribution in [0.4, 0.5) is 5.69 Å². The van der Waals surface area contributed by atoms with E-state index in [1.165, 1.54) is 0 Å². The predicted molar refractivity (Wildman–Crippen MR) is 58.2 cm³/mol. The number of phenolic OH excluding ortho intramolecular Hbond substituents is 1. The Morgan fingerprint density at radius 1 is 1.07 bits per heavy atom. The Hall–Kier alpha value is -1.70. The van der Waals surface area contributed by atoms with Crippen LogP contribution in [0.1, 0.15) is 12.8 Å². The SMILES string of the molecule is Oc1ccc(NC2=CCCC=C2)cc1. The lowest BCUT2D eigenvalue weighted by Crippen LogP contribution is -1.98. The molecule has 0 amide bonds. The Kier molecular flexibility index (Phi) is 2.54. The minimum atomic E-state index is 0.295. The molecule has 0 fully saturated rings. The van der Waals surface area contributed by atoms with Crippen LogP contribution in [0.15, 0.2) is 48.2 Å². The average Bonchev–Trinajstić information content (AvgIpc) is 2.23. The van der Waals surface area contributed by atoms with E-state index >= 15 is 0 Å². The Bertz CT molecular complexity index is 362. The maximum atomic E-state index is 9.11. The smallest absolute Gasteiger partial charge is 0.115 e. The van der Waals surface area contributed by atoms with E-state index in [2.05, 4.69) is 23.5 Å². The molecule has 72 valence electrons. The Balaban J connectivity index is 2.07. The molecule has 0 aliphatic heterocycles. The topological polar surface area (TPSA) is 32.3 Å². The number of hydrogen-bond donors (Lipinski definition) is 2. The molecule has 0 atom stereocenters. The second-order valence-corrected chi connectivity index (χ2v) is 3.31. The summed E-state index contributed by atoms with van der Waals surface area (Å²) in [6.45, 7) is 0. The van der Waals surface area contributed by atoms with Gasteiger partial charge in [0.25, 0.3) is 0 Å². The van der Waals surface area contributed by atoms with Crippen molar-refractivity contribution in [1.29, 1.82) is 0 Å². The van der Waals surface area contributed by atoms with Gasteiger partial charge in [-0.05, 0) is 43.2 Å². The minimum Gasteiger partial charge on any atom is -0.508 e. The van der Waals surface area contributed by atoms with Crippen LogP contribution in [0.3, 0.4) is 0 Å². The van der Waals surface area contributed by atoms with Crippen molar-refractivity contribution in [2.75, 3.05) is 5.32 Å². The van der Waals surface area contributed by atoms with Gasteiger partial charge in [-0.15, -0.1) is 0 Å². The molecule has 0 bridgehead atoms. The van der Waals surface area contributed by atoms with Crippen molar-refractivity contribution < 1.29 is 5.11 Å². The van der Waals surface area contributed by atoms with Crippen molar-refractivity contribution in [2.24, 2.45) is 0 Å². The zero-order valence-corrected chi connectivity index (χ0v) is 7.90. The van der Waals surface area contributed by atoms with E-state index in [9.17, 15) is 0 Å². The first-order chi connectivity index (χ1) is 6.84. The van der Waals surface area contributed by atoms with Gasteiger partial charge in [0.15, 0.2) is 0 Å². The molecule has 2 rings (SSSR count). The summed E-state index contributed by atoms with van der Waals surface area (Å²) in [4.78, 5) is 0. The molecular formula is C12H13NO. The molecule has 0 radical (unpaired) electrons. The molecule has 0 saturated carbocycles. The van der Waals surface area contributed by atoms with Gasteiger partial charge < -0.3 is 10.4 Å². The van der Waals surface area contributed by atoms with Crippen LogP contribution in [0.5, 0.6) is 5.75 Å². The van der Waals surface area contributed by atoms with Gasteiger partial charge >= 0.3 is 0 Å². The lowest BCUT2D eigenvalue weighted by molar-refractivity contribution is 0.475. The summed E-state index contributed by atoms with van der Waals surface area (Å²) in [6, 6.07) is 7.07. The van der Waals surface area contributed by atoms with Gasteiger partial charge in [-0.3, -0.25) is 0 Å². The van der Waals surface area contributed by atoms with Crippen LogP contribution >= 0.6 is 0 Å². The lowest BCUT2D eigenvalue weighted by atomic mass is 10.1. The zero-order valence-electron chi connectivity index (χ0n) is 7.90. The van der Waals surface area contributed by atoms with Gasteiger partial charge in [-0.1, -0.05) is 12.2 Å². The van der Waals surface area contributed by atoms with E-state index in [0.717, 1.165) is 24.2 Å². The van der Waals surface area contributed by atoms with Gasteiger partial charge in [-0.25, -0.2) is 0 Å². The molecule has 2 N–H and O–H groups in total. The maximum Gasteiger partial charge on any atom is 0.115 e. The monoisotopic (exact) mass is 187 g/mol. The first kappa shape index (κ1) is 8.88. The fourth-order valence-corrected chi connectivity index (χ4v) is 1.42. The lowest BCUT2D eigenvalue weighted by Gasteiger charge is -2.10. The summed E-state index contributed by atoms with van der Waals surface area (Å²) >= 11 is 0. The van der Waals surface area contributed by atoms with E-state index < -0.39 is 0 Å². The predicted octanol–water partition coefficient (Wildman–Crippen LogP) is 3.04. The Morgan fingerprint density at radius 2 is 1.86 bits per heavy atom. The molecule has 0 saturated heterocycles. The van der Waals surface area contributed by atoms with E-state index in [4.69, 9.17) is 5.11 Å². The molecule has 2 heteroatoms. The minimum absolute atomic E-state index is 0.295. The summed E-state index contributed by atoms with van der Waals surface area (Å²) in [5, 5.41) is 12.4. The molecule has 1 aliphatic rings. The van der Waals surface area contributed by atoms with Crippen LogP contribution in [-0.2, 0) is 0 Å². The highest BCUT2D eigenvalue weighted by atomic mass is 16.3. The summed E-state index contributed by atoms with van der Waals surface area (Å²) in [7, 11) is 0. The number of allylic oxidation sites excluding steroid dienone is 3. The van der Waals surface area contributed by atoms with Crippen molar-refractivity contribution in [3.63, 3.8) is 0 Å². The van der Waals surface area contributed by atoms with Crippen molar-refractivity contribution in [2.45, 2.75) is 12.8 Å². The number of rotatable bonds is 2. The third-order valence-corrected chi connectivity index (χ3v) is 2.15. The third kappa shape index (κ3) is 2.16. The van der Waals surface area contributed by atoms with Crippen LogP contribution in [0.25, 0.3) is 0 Å². The molecule has 2 nitrogen and oxygen atoms in total. The normalized spacial score (nSPS) is 15.0. The third-order valence-electron chi connectivity index (χ3n) is 2.15. The number of nitrogens with one attached hydrogen (secondary N) is 1. The molecule has 0 unspecified atom stereocenters. The molecule has 0 aromatic heterocycles. The van der Waals surface area contributed by atoms with Crippen LogP contribution in [0.2, 0.25) is 0 Å². The van der Waals surface area contributed by atoms with E-state index in [1.807, 2.05) is 12.1 Å². The number of anilines is 1. The van der Waals surface area contributed by atoms with Crippen LogP contribution < -0.4 is 5.32 Å². The first-order valence-corrected chi connectivity index (χ1v) is 4.77. The second kappa shape index (κ2) is 4.01. The van der Waals surface area contributed by atoms with Crippen LogP contribution in [0, 0.1) is 0 Å². The Morgan fingerprint density at radius 3 is 2.50 bits per heavy atom. The molecule has 1 aromatic rings. The zero-order chi connectivity index (χ0) is 9.80. The summed E-state index contributed by atoms with van der Waals surface area (Å²) in [6.07, 6.45) is 8.63. The summed E-state index contributed by atoms with van der Waals surface area (Å²) < 4.78 is 0. The largest absolute Gasteiger partial charge is 0.508 e. The van der Waals surface area contributed by atoms with Gasteiger partial charge in [0, 0.05) is 11.4 Å². The number of benzene rings is 1. The molecule has 0 heterocycles. The van der Waals surface area contributed by atoms with Gasteiger partial charge in [0.1, 0.15) is 5.75 Å². The molecule has 1 aliphatic carbocycles. The number of phenols is 1. The maximum absolute atomic E-state index is 9.11.